The van der Waals surface area contributed by atoms with Crippen molar-refractivity contribution < 1.29 is 19.2 Å². The van der Waals surface area contributed by atoms with Crippen LogP contribution < -0.4 is 0 Å². The Morgan fingerprint density at radius 2 is 1.95 bits per heavy atom. The monoisotopic (exact) mass is 287 g/mol. The van der Waals surface area contributed by atoms with Gasteiger partial charge in [0.15, 0.2) is 0 Å². The fourth-order valence-electron chi connectivity index (χ4n) is 2.70. The molecule has 5 heteroatoms. The molecule has 2 heterocycles. The number of benzene rings is 1. The molecule has 1 fully saturated rings. The van der Waals surface area contributed by atoms with Crippen LogP contribution in [0.5, 0.6) is 0 Å². The van der Waals surface area contributed by atoms with Gasteiger partial charge in [-0.05, 0) is 12.8 Å². The number of carbonyl (C=O) groups is 1. The highest BCUT2D eigenvalue weighted by Gasteiger charge is 2.41. The third-order valence-corrected chi connectivity index (χ3v) is 4.04. The maximum Gasteiger partial charge on any atom is 0.310 e. The lowest BCUT2D eigenvalue weighted by atomic mass is 9.76. The van der Waals surface area contributed by atoms with E-state index in [1.807, 2.05) is 36.4 Å². The molecule has 0 aliphatic carbocycles. The Balaban J connectivity index is 1.81. The maximum atomic E-state index is 11.6. The van der Waals surface area contributed by atoms with E-state index in [-0.39, 0.29) is 0 Å². The van der Waals surface area contributed by atoms with E-state index in [0.29, 0.717) is 38.2 Å². The molecule has 0 saturated carbocycles. The molecule has 0 spiro atoms. The van der Waals surface area contributed by atoms with Gasteiger partial charge in [0.25, 0.3) is 0 Å². The summed E-state index contributed by atoms with van der Waals surface area (Å²) in [6.07, 6.45) is 1.36. The summed E-state index contributed by atoms with van der Waals surface area (Å²) in [4.78, 5) is 11.6. The Bertz CT molecular complexity index is 614. The lowest BCUT2D eigenvalue weighted by molar-refractivity contribution is -0.155. The van der Waals surface area contributed by atoms with Gasteiger partial charge in [-0.3, -0.25) is 4.79 Å². The molecule has 1 aliphatic heterocycles. The molecule has 0 amide bonds. The van der Waals surface area contributed by atoms with E-state index >= 15 is 0 Å². The summed E-state index contributed by atoms with van der Waals surface area (Å²) in [5.41, 5.74) is 0.896. The fourth-order valence-corrected chi connectivity index (χ4v) is 2.70. The van der Waals surface area contributed by atoms with Crippen LogP contribution in [0.3, 0.4) is 0 Å². The predicted octanol–water partition coefficient (Wildman–Crippen LogP) is 2.77. The van der Waals surface area contributed by atoms with Crippen molar-refractivity contribution in [1.82, 2.24) is 5.16 Å². The van der Waals surface area contributed by atoms with Gasteiger partial charge in [-0.25, -0.2) is 0 Å². The molecule has 0 unspecified atom stereocenters. The van der Waals surface area contributed by atoms with E-state index in [4.69, 9.17) is 9.26 Å². The van der Waals surface area contributed by atoms with Crippen molar-refractivity contribution in [3.05, 3.63) is 42.2 Å². The van der Waals surface area contributed by atoms with Crippen LogP contribution in [0.4, 0.5) is 0 Å². The Morgan fingerprint density at radius 1 is 1.24 bits per heavy atom. The van der Waals surface area contributed by atoms with E-state index in [2.05, 4.69) is 5.16 Å². The summed E-state index contributed by atoms with van der Waals surface area (Å²) in [6, 6.07) is 11.5. The Hall–Kier alpha value is -2.14. The molecular weight excluding hydrogens is 270 g/mol. The molecule has 0 atom stereocenters. The minimum atomic E-state index is -0.800. The van der Waals surface area contributed by atoms with Crippen molar-refractivity contribution in [2.24, 2.45) is 5.41 Å². The first-order valence-corrected chi connectivity index (χ1v) is 7.02. The standard InChI is InChI=1S/C16H17NO4/c18-15(19)16(6-8-20-9-7-16)11-13-10-14(17-21-13)12-4-2-1-3-5-12/h1-5,10H,6-9,11H2,(H,18,19). The van der Waals surface area contributed by atoms with Gasteiger partial charge in [0.2, 0.25) is 0 Å². The molecule has 110 valence electrons. The SMILES string of the molecule is O=C(O)C1(Cc2cc(-c3ccccc3)no2)CCOCC1. The molecule has 1 aromatic carbocycles. The molecule has 1 N–H and O–H groups in total. The molecule has 2 aromatic rings. The summed E-state index contributed by atoms with van der Waals surface area (Å²) >= 11 is 0. The summed E-state index contributed by atoms with van der Waals surface area (Å²) in [6.45, 7) is 0.956. The summed E-state index contributed by atoms with van der Waals surface area (Å²) < 4.78 is 10.6. The lowest BCUT2D eigenvalue weighted by Gasteiger charge is -2.32. The lowest BCUT2D eigenvalue weighted by Crippen LogP contribution is -2.39. The minimum absolute atomic E-state index is 0.353. The molecule has 0 radical (unpaired) electrons. The van der Waals surface area contributed by atoms with E-state index in [1.165, 1.54) is 0 Å². The van der Waals surface area contributed by atoms with Crippen molar-refractivity contribution in [2.75, 3.05) is 13.2 Å². The van der Waals surface area contributed by atoms with Crippen molar-refractivity contribution in [2.45, 2.75) is 19.3 Å². The van der Waals surface area contributed by atoms with E-state index in [1.54, 1.807) is 0 Å². The zero-order valence-corrected chi connectivity index (χ0v) is 11.6. The summed E-state index contributed by atoms with van der Waals surface area (Å²) in [5.74, 6) is -0.179. The van der Waals surface area contributed by atoms with Crippen molar-refractivity contribution in [1.29, 1.82) is 0 Å². The smallest absolute Gasteiger partial charge is 0.310 e. The van der Waals surface area contributed by atoms with Gasteiger partial charge in [0, 0.05) is 31.3 Å². The highest BCUT2D eigenvalue weighted by atomic mass is 16.5. The van der Waals surface area contributed by atoms with Gasteiger partial charge in [0.05, 0.1) is 5.41 Å². The van der Waals surface area contributed by atoms with Gasteiger partial charge in [-0.2, -0.15) is 0 Å². The largest absolute Gasteiger partial charge is 0.481 e. The number of aromatic nitrogens is 1. The molecule has 21 heavy (non-hydrogen) atoms. The second kappa shape index (κ2) is 5.69. The first kappa shape index (κ1) is 13.8. The normalized spacial score (nSPS) is 17.5. The van der Waals surface area contributed by atoms with Crippen LogP contribution in [0.25, 0.3) is 11.3 Å². The Morgan fingerprint density at radius 3 is 2.62 bits per heavy atom. The van der Waals surface area contributed by atoms with Gasteiger partial charge in [-0.15, -0.1) is 0 Å². The molecule has 1 aromatic heterocycles. The quantitative estimate of drug-likeness (QED) is 0.936. The second-order valence-corrected chi connectivity index (χ2v) is 5.42. The van der Waals surface area contributed by atoms with Crippen LogP contribution in [-0.2, 0) is 16.0 Å². The first-order valence-electron chi connectivity index (χ1n) is 7.02. The predicted molar refractivity (Wildman–Crippen MR) is 75.8 cm³/mol. The van der Waals surface area contributed by atoms with Crippen molar-refractivity contribution in [3.63, 3.8) is 0 Å². The van der Waals surface area contributed by atoms with Crippen molar-refractivity contribution in [3.8, 4) is 11.3 Å². The van der Waals surface area contributed by atoms with E-state index in [9.17, 15) is 9.90 Å². The average molecular weight is 287 g/mol. The zero-order chi connectivity index (χ0) is 14.7. The average Bonchev–Trinajstić information content (AvgIpc) is 2.97. The van der Waals surface area contributed by atoms with Crippen LogP contribution in [0.2, 0.25) is 0 Å². The maximum absolute atomic E-state index is 11.6. The number of hydrogen-bond acceptors (Lipinski definition) is 4. The van der Waals surface area contributed by atoms with Gasteiger partial charge < -0.3 is 14.4 Å². The van der Waals surface area contributed by atoms with Crippen LogP contribution >= 0.6 is 0 Å². The van der Waals surface area contributed by atoms with Crippen LogP contribution in [0.1, 0.15) is 18.6 Å². The number of ether oxygens (including phenoxy) is 1. The molecular formula is C16H17NO4. The van der Waals surface area contributed by atoms with E-state index < -0.39 is 11.4 Å². The van der Waals surface area contributed by atoms with Gasteiger partial charge in [0.1, 0.15) is 11.5 Å². The topological polar surface area (TPSA) is 72.6 Å². The molecule has 1 aliphatic rings. The third-order valence-electron chi connectivity index (χ3n) is 4.04. The number of hydrogen-bond donors (Lipinski definition) is 1. The Kier molecular flexibility index (Phi) is 3.75. The zero-order valence-electron chi connectivity index (χ0n) is 11.6. The minimum Gasteiger partial charge on any atom is -0.481 e. The van der Waals surface area contributed by atoms with Gasteiger partial charge in [-0.1, -0.05) is 35.5 Å². The van der Waals surface area contributed by atoms with Gasteiger partial charge >= 0.3 is 5.97 Å². The molecule has 5 nitrogen and oxygen atoms in total. The molecule has 3 rings (SSSR count). The number of rotatable bonds is 4. The van der Waals surface area contributed by atoms with Crippen molar-refractivity contribution >= 4 is 5.97 Å². The van der Waals surface area contributed by atoms with Crippen LogP contribution in [-0.4, -0.2) is 29.4 Å². The highest BCUT2D eigenvalue weighted by molar-refractivity contribution is 5.75. The Labute approximate surface area is 122 Å². The fraction of sp³-hybridized carbons (Fsp3) is 0.375. The second-order valence-electron chi connectivity index (χ2n) is 5.42. The summed E-state index contributed by atoms with van der Waals surface area (Å²) in [7, 11) is 0. The number of carboxylic acids is 1. The number of carboxylic acid groups (broad SMARTS) is 1. The van der Waals surface area contributed by atoms with Crippen LogP contribution in [0, 0.1) is 5.41 Å². The number of nitrogens with zero attached hydrogens (tertiary/aromatic N) is 1. The van der Waals surface area contributed by atoms with E-state index in [0.717, 1.165) is 11.3 Å². The summed E-state index contributed by atoms with van der Waals surface area (Å²) in [5, 5.41) is 13.6. The molecule has 1 saturated heterocycles. The first-order chi connectivity index (χ1) is 10.2. The highest BCUT2D eigenvalue weighted by Crippen LogP contribution is 2.35. The van der Waals surface area contributed by atoms with Crippen LogP contribution in [0.15, 0.2) is 40.9 Å². The molecule has 0 bridgehead atoms. The third kappa shape index (κ3) is 2.83. The number of aliphatic carboxylic acids is 1.